The molecular formula is C22H25N5O3S. The van der Waals surface area contributed by atoms with Gasteiger partial charge in [0.1, 0.15) is 11.6 Å². The van der Waals surface area contributed by atoms with E-state index in [1.807, 2.05) is 24.3 Å². The van der Waals surface area contributed by atoms with Gasteiger partial charge < -0.3 is 10.6 Å². The molecule has 31 heavy (non-hydrogen) atoms. The largest absolute Gasteiger partial charge is 0.387 e. The van der Waals surface area contributed by atoms with Gasteiger partial charge in [0.2, 0.25) is 10.0 Å². The van der Waals surface area contributed by atoms with Crippen molar-refractivity contribution in [2.24, 2.45) is 5.14 Å². The van der Waals surface area contributed by atoms with Gasteiger partial charge in [-0.3, -0.25) is 9.69 Å². The number of nitriles is 1. The second-order valence-electron chi connectivity index (χ2n) is 7.40. The second-order valence-corrected chi connectivity index (χ2v) is 8.96. The number of primary sulfonamides is 1. The van der Waals surface area contributed by atoms with Crippen molar-refractivity contribution in [3.8, 4) is 6.07 Å². The first kappa shape index (κ1) is 22.5. The molecule has 0 spiro atoms. The number of hydrogen-bond donors (Lipinski definition) is 3. The van der Waals surface area contributed by atoms with Gasteiger partial charge in [0.25, 0.3) is 5.91 Å². The number of nitrogens with one attached hydrogen (secondary N) is 2. The number of amides is 1. The lowest BCUT2D eigenvalue weighted by molar-refractivity contribution is -0.112. The number of carbonyl (C=O) groups excluding carboxylic acids is 1. The molecule has 3 rings (SSSR count). The van der Waals surface area contributed by atoms with Crippen molar-refractivity contribution in [3.63, 3.8) is 0 Å². The van der Waals surface area contributed by atoms with E-state index in [0.717, 1.165) is 32.5 Å². The molecule has 0 aliphatic carbocycles. The minimum Gasteiger partial charge on any atom is -0.387 e. The maximum Gasteiger partial charge on any atom is 0.267 e. The molecule has 2 aromatic carbocycles. The van der Waals surface area contributed by atoms with Crippen LogP contribution in [0.1, 0.15) is 18.4 Å². The van der Waals surface area contributed by atoms with Crippen LogP contribution < -0.4 is 15.8 Å². The lowest BCUT2D eigenvalue weighted by atomic mass is 10.0. The predicted octanol–water partition coefficient (Wildman–Crippen LogP) is 1.93. The standard InChI is InChI=1S/C22H25N5O3S/c23-14-18(22(28)26-20-6-8-21(9-7-20)31(24,29)30)15-25-19-10-12-27(13-11-19)16-17-4-2-1-3-5-17/h1-9,15,19,25H,10-13,16H2,(H,26,28)(H2,24,29,30)/b18-15-. The van der Waals surface area contributed by atoms with Crippen LogP contribution >= 0.6 is 0 Å². The molecule has 2 aromatic rings. The lowest BCUT2D eigenvalue weighted by Gasteiger charge is -2.32. The number of hydrogen-bond acceptors (Lipinski definition) is 6. The van der Waals surface area contributed by atoms with Crippen molar-refractivity contribution >= 4 is 21.6 Å². The average Bonchev–Trinajstić information content (AvgIpc) is 2.76. The Kier molecular flexibility index (Phi) is 7.41. The predicted molar refractivity (Wildman–Crippen MR) is 118 cm³/mol. The summed E-state index contributed by atoms with van der Waals surface area (Å²) in [5.74, 6) is -0.570. The Morgan fingerprint density at radius 1 is 1.13 bits per heavy atom. The van der Waals surface area contributed by atoms with Crippen LogP contribution in [-0.2, 0) is 21.4 Å². The number of nitrogens with zero attached hydrogens (tertiary/aromatic N) is 2. The van der Waals surface area contributed by atoms with Crippen LogP contribution in [0.4, 0.5) is 5.69 Å². The summed E-state index contributed by atoms with van der Waals surface area (Å²) in [7, 11) is -3.80. The summed E-state index contributed by atoms with van der Waals surface area (Å²) in [6.45, 7) is 2.79. The highest BCUT2D eigenvalue weighted by Crippen LogP contribution is 2.15. The van der Waals surface area contributed by atoms with Crippen LogP contribution in [0, 0.1) is 11.3 Å². The van der Waals surface area contributed by atoms with Gasteiger partial charge in [-0.15, -0.1) is 0 Å². The Hall–Kier alpha value is -3.19. The van der Waals surface area contributed by atoms with Gasteiger partial charge >= 0.3 is 0 Å². The van der Waals surface area contributed by atoms with Crippen molar-refractivity contribution in [2.75, 3.05) is 18.4 Å². The van der Waals surface area contributed by atoms with E-state index in [9.17, 15) is 18.5 Å². The third-order valence-electron chi connectivity index (χ3n) is 5.11. The first-order chi connectivity index (χ1) is 14.8. The Balaban J connectivity index is 1.50. The van der Waals surface area contributed by atoms with Crippen LogP contribution in [0.25, 0.3) is 0 Å². The van der Waals surface area contributed by atoms with Crippen LogP contribution in [-0.4, -0.2) is 38.4 Å². The van der Waals surface area contributed by atoms with Crippen molar-refractivity contribution in [2.45, 2.75) is 30.3 Å². The molecule has 0 unspecified atom stereocenters. The Bertz CT molecular complexity index is 1070. The molecule has 1 aliphatic heterocycles. The van der Waals surface area contributed by atoms with Crippen molar-refractivity contribution in [3.05, 3.63) is 71.9 Å². The zero-order valence-corrected chi connectivity index (χ0v) is 17.8. The van der Waals surface area contributed by atoms with E-state index >= 15 is 0 Å². The number of carbonyl (C=O) groups is 1. The zero-order valence-electron chi connectivity index (χ0n) is 17.0. The van der Waals surface area contributed by atoms with Crippen molar-refractivity contribution in [1.29, 1.82) is 5.26 Å². The molecule has 0 aromatic heterocycles. The first-order valence-electron chi connectivity index (χ1n) is 9.92. The van der Waals surface area contributed by atoms with Gasteiger partial charge in [-0.25, -0.2) is 13.6 Å². The van der Waals surface area contributed by atoms with E-state index in [-0.39, 0.29) is 16.5 Å². The van der Waals surface area contributed by atoms with Gasteiger partial charge in [0, 0.05) is 37.6 Å². The molecular weight excluding hydrogens is 414 g/mol. The summed E-state index contributed by atoms with van der Waals surface area (Å²) >= 11 is 0. The number of nitrogens with two attached hydrogens (primary N) is 1. The number of sulfonamides is 1. The van der Waals surface area contributed by atoms with Gasteiger partial charge in [-0.05, 0) is 42.7 Å². The summed E-state index contributed by atoms with van der Waals surface area (Å²) < 4.78 is 22.6. The lowest BCUT2D eigenvalue weighted by Crippen LogP contribution is -2.40. The van der Waals surface area contributed by atoms with Gasteiger partial charge in [-0.2, -0.15) is 5.26 Å². The van der Waals surface area contributed by atoms with E-state index < -0.39 is 15.9 Å². The van der Waals surface area contributed by atoms with Crippen LogP contribution in [0.2, 0.25) is 0 Å². The van der Waals surface area contributed by atoms with Crippen molar-refractivity contribution in [1.82, 2.24) is 10.2 Å². The van der Waals surface area contributed by atoms with Gasteiger partial charge in [-0.1, -0.05) is 30.3 Å². The molecule has 1 heterocycles. The fourth-order valence-electron chi connectivity index (χ4n) is 3.38. The van der Waals surface area contributed by atoms with E-state index in [2.05, 4.69) is 27.7 Å². The zero-order chi connectivity index (χ0) is 22.3. The number of piperidine rings is 1. The summed E-state index contributed by atoms with van der Waals surface area (Å²) in [4.78, 5) is 14.7. The van der Waals surface area contributed by atoms with Crippen LogP contribution in [0.3, 0.4) is 0 Å². The maximum atomic E-state index is 12.4. The van der Waals surface area contributed by atoms with Crippen molar-refractivity contribution < 1.29 is 13.2 Å². The maximum absolute atomic E-state index is 12.4. The van der Waals surface area contributed by atoms with E-state index in [1.165, 1.54) is 36.0 Å². The fourth-order valence-corrected chi connectivity index (χ4v) is 3.89. The third-order valence-corrected chi connectivity index (χ3v) is 6.03. The third kappa shape index (κ3) is 6.65. The minimum atomic E-state index is -3.80. The Morgan fingerprint density at radius 2 is 1.77 bits per heavy atom. The second kappa shape index (κ2) is 10.2. The summed E-state index contributed by atoms with van der Waals surface area (Å²) in [6, 6.07) is 17.8. The fraction of sp³-hybridized carbons (Fsp3) is 0.273. The summed E-state index contributed by atoms with van der Waals surface area (Å²) in [6.07, 6.45) is 3.28. The molecule has 1 amide bonds. The van der Waals surface area contributed by atoms with E-state index in [1.54, 1.807) is 0 Å². The normalized spacial score (nSPS) is 15.8. The number of likely N-dealkylation sites (tertiary alicyclic amines) is 1. The highest BCUT2D eigenvalue weighted by molar-refractivity contribution is 7.89. The molecule has 1 saturated heterocycles. The molecule has 0 radical (unpaired) electrons. The number of anilines is 1. The average molecular weight is 440 g/mol. The molecule has 162 valence electrons. The minimum absolute atomic E-state index is 0.0535. The number of benzene rings is 2. The molecule has 0 saturated carbocycles. The summed E-state index contributed by atoms with van der Waals surface area (Å²) in [5, 5.41) is 20.2. The Labute approximate surface area is 182 Å². The molecule has 0 atom stereocenters. The summed E-state index contributed by atoms with van der Waals surface area (Å²) in [5.41, 5.74) is 1.60. The molecule has 1 aliphatic rings. The molecule has 8 nitrogen and oxygen atoms in total. The Morgan fingerprint density at radius 3 is 2.35 bits per heavy atom. The topological polar surface area (TPSA) is 128 Å². The smallest absolute Gasteiger partial charge is 0.267 e. The molecule has 1 fully saturated rings. The highest BCUT2D eigenvalue weighted by atomic mass is 32.2. The quantitative estimate of drug-likeness (QED) is 0.447. The van der Waals surface area contributed by atoms with E-state index in [4.69, 9.17) is 5.14 Å². The first-order valence-corrected chi connectivity index (χ1v) is 11.5. The SMILES string of the molecule is N#C/C(=C/NC1CCN(Cc2ccccc2)CC1)C(=O)Nc1ccc(S(N)(=O)=O)cc1. The molecule has 4 N–H and O–H groups in total. The highest BCUT2D eigenvalue weighted by Gasteiger charge is 2.19. The van der Waals surface area contributed by atoms with Gasteiger partial charge in [0.15, 0.2) is 0 Å². The number of rotatable bonds is 7. The van der Waals surface area contributed by atoms with E-state index in [0.29, 0.717) is 5.69 Å². The van der Waals surface area contributed by atoms with Crippen LogP contribution in [0.15, 0.2) is 71.3 Å². The molecule has 9 heteroatoms. The monoisotopic (exact) mass is 439 g/mol. The molecule has 0 bridgehead atoms. The van der Waals surface area contributed by atoms with Gasteiger partial charge in [0.05, 0.1) is 4.90 Å². The van der Waals surface area contributed by atoms with Crippen LogP contribution in [0.5, 0.6) is 0 Å².